The summed E-state index contributed by atoms with van der Waals surface area (Å²) in [5.41, 5.74) is 1.25. The molecule has 2 unspecified atom stereocenters. The van der Waals surface area contributed by atoms with Gasteiger partial charge in [0.2, 0.25) is 11.8 Å². The van der Waals surface area contributed by atoms with Crippen LogP contribution in [-0.4, -0.2) is 84.3 Å². The molecule has 3 saturated heterocycles. The Morgan fingerprint density at radius 2 is 1.53 bits per heavy atom. The number of likely N-dealkylation sites (tertiary alicyclic amines) is 1. The number of carbonyl (C=O) groups excluding carboxylic acids is 3. The first-order valence-electron chi connectivity index (χ1n) is 17.1. The van der Waals surface area contributed by atoms with Crippen LogP contribution in [0.4, 0.5) is 17.1 Å². The molecule has 2 aromatic carbocycles. The Morgan fingerprint density at radius 1 is 0.957 bits per heavy atom. The molecule has 0 radical (unpaired) electrons. The Kier molecular flexibility index (Phi) is 10.6. The SMILES string of the molecule is C=CCN(C(=O)C1N([C@@H](CO)[C@@H](C)CC)C(=O)[C@@H]2[C@@H](C(=O)N(CC=C)c3ccccc3)[C@H]3CCC12O3)c1ccc(N(CC)CC)cc1. The fraction of sp³-hybridized carbons (Fsp3) is 0.500. The number of carbonyl (C=O) groups is 3. The van der Waals surface area contributed by atoms with Crippen molar-refractivity contribution < 1.29 is 24.2 Å². The molecule has 3 aliphatic heterocycles. The molecule has 2 bridgehead atoms. The molecule has 9 heteroatoms. The van der Waals surface area contributed by atoms with Crippen molar-refractivity contribution in [2.45, 2.75) is 70.7 Å². The van der Waals surface area contributed by atoms with Crippen molar-refractivity contribution in [2.75, 3.05) is 47.5 Å². The third-order valence-electron chi connectivity index (χ3n) is 10.6. The Labute approximate surface area is 279 Å². The van der Waals surface area contributed by atoms with Crippen LogP contribution >= 0.6 is 0 Å². The molecule has 2 aromatic rings. The zero-order chi connectivity index (χ0) is 33.9. The summed E-state index contributed by atoms with van der Waals surface area (Å²) in [5, 5.41) is 10.7. The minimum Gasteiger partial charge on any atom is -0.394 e. The molecule has 3 amide bonds. The van der Waals surface area contributed by atoms with Gasteiger partial charge in [-0.25, -0.2) is 0 Å². The van der Waals surface area contributed by atoms with E-state index in [1.807, 2.05) is 68.4 Å². The summed E-state index contributed by atoms with van der Waals surface area (Å²) in [6.45, 7) is 17.9. The molecule has 47 heavy (non-hydrogen) atoms. The van der Waals surface area contributed by atoms with Crippen molar-refractivity contribution in [3.05, 3.63) is 79.9 Å². The van der Waals surface area contributed by atoms with Gasteiger partial charge in [-0.3, -0.25) is 14.4 Å². The van der Waals surface area contributed by atoms with E-state index in [1.54, 1.807) is 26.9 Å². The molecule has 1 N–H and O–H groups in total. The second-order valence-electron chi connectivity index (χ2n) is 12.9. The van der Waals surface area contributed by atoms with Crippen molar-refractivity contribution in [1.29, 1.82) is 0 Å². The fourth-order valence-electron chi connectivity index (χ4n) is 8.09. The highest BCUT2D eigenvalue weighted by atomic mass is 16.5. The molecule has 1 spiro atoms. The van der Waals surface area contributed by atoms with E-state index in [0.717, 1.165) is 18.8 Å². The number of hydrogen-bond donors (Lipinski definition) is 1. The molecule has 5 rings (SSSR count). The van der Waals surface area contributed by atoms with Gasteiger partial charge in [0.25, 0.3) is 5.91 Å². The summed E-state index contributed by atoms with van der Waals surface area (Å²) in [4.78, 5) is 51.4. The van der Waals surface area contributed by atoms with Crippen molar-refractivity contribution in [3.8, 4) is 0 Å². The standard InChI is InChI=1S/C38H50N4O5/c1-7-23-40(28-15-13-12-14-16-28)35(44)32-31-21-22-38(47-31)33(32)36(45)42(30(25-43)26(6)9-3)34(38)37(46)41(24-8-2)29-19-17-27(18-20-29)39(10-4)11-5/h7-8,12-20,26,30-34,43H,1-2,9-11,21-25H2,3-6H3/t26-,30-,31+,32-,33-,34?,38?/m0/s1. The highest BCUT2D eigenvalue weighted by Crippen LogP contribution is 2.59. The van der Waals surface area contributed by atoms with E-state index in [0.29, 0.717) is 30.6 Å². The normalized spacial score (nSPS) is 25.6. The molecule has 9 nitrogen and oxygen atoms in total. The molecule has 7 atom stereocenters. The zero-order valence-corrected chi connectivity index (χ0v) is 28.3. The minimum atomic E-state index is -1.20. The van der Waals surface area contributed by atoms with Gasteiger partial charge in [-0.1, -0.05) is 50.6 Å². The summed E-state index contributed by atoms with van der Waals surface area (Å²) >= 11 is 0. The van der Waals surface area contributed by atoms with Gasteiger partial charge in [0.15, 0.2) is 0 Å². The first kappa shape index (κ1) is 34.4. The van der Waals surface area contributed by atoms with Crippen LogP contribution < -0.4 is 14.7 Å². The zero-order valence-electron chi connectivity index (χ0n) is 28.3. The van der Waals surface area contributed by atoms with Gasteiger partial charge in [0.05, 0.1) is 30.6 Å². The van der Waals surface area contributed by atoms with Crippen molar-refractivity contribution in [1.82, 2.24) is 4.90 Å². The van der Waals surface area contributed by atoms with Gasteiger partial charge < -0.3 is 29.4 Å². The third kappa shape index (κ3) is 5.89. The largest absolute Gasteiger partial charge is 0.394 e. The number of hydrogen-bond acceptors (Lipinski definition) is 6. The number of amides is 3. The van der Waals surface area contributed by atoms with E-state index in [2.05, 4.69) is 31.9 Å². The number of rotatable bonds is 15. The molecule has 0 aromatic heterocycles. The Morgan fingerprint density at radius 3 is 2.09 bits per heavy atom. The lowest BCUT2D eigenvalue weighted by Gasteiger charge is -2.41. The van der Waals surface area contributed by atoms with Crippen molar-refractivity contribution >= 4 is 34.8 Å². The Balaban J connectivity index is 1.59. The number of aliphatic hydroxyl groups excluding tert-OH is 1. The van der Waals surface area contributed by atoms with E-state index >= 15 is 4.79 Å². The van der Waals surface area contributed by atoms with E-state index < -0.39 is 35.6 Å². The van der Waals surface area contributed by atoms with Gasteiger partial charge in [0, 0.05) is 43.2 Å². The second-order valence-corrected chi connectivity index (χ2v) is 12.9. The van der Waals surface area contributed by atoms with Crippen LogP contribution in [-0.2, 0) is 19.1 Å². The highest BCUT2D eigenvalue weighted by molar-refractivity contribution is 6.06. The maximum absolute atomic E-state index is 15.0. The number of anilines is 3. The topological polar surface area (TPSA) is 93.6 Å². The van der Waals surface area contributed by atoms with E-state index in [9.17, 15) is 14.7 Å². The second kappa shape index (κ2) is 14.4. The van der Waals surface area contributed by atoms with E-state index in [4.69, 9.17) is 4.74 Å². The number of aliphatic hydroxyl groups is 1. The van der Waals surface area contributed by atoms with Crippen LogP contribution in [0.25, 0.3) is 0 Å². The third-order valence-corrected chi connectivity index (χ3v) is 10.6. The van der Waals surface area contributed by atoms with Crippen LogP contribution in [0.2, 0.25) is 0 Å². The first-order valence-corrected chi connectivity index (χ1v) is 17.1. The average molecular weight is 643 g/mol. The van der Waals surface area contributed by atoms with Crippen LogP contribution in [0.1, 0.15) is 47.0 Å². The molecule has 3 heterocycles. The van der Waals surface area contributed by atoms with Crippen LogP contribution in [0, 0.1) is 17.8 Å². The molecule has 3 aliphatic rings. The highest BCUT2D eigenvalue weighted by Gasteiger charge is 2.75. The van der Waals surface area contributed by atoms with Crippen LogP contribution in [0.15, 0.2) is 79.9 Å². The number of fused-ring (bicyclic) bond motifs is 1. The number of ether oxygens (including phenoxy) is 1. The van der Waals surface area contributed by atoms with E-state index in [-0.39, 0.29) is 43.3 Å². The number of benzene rings is 2. The van der Waals surface area contributed by atoms with Gasteiger partial charge in [-0.15, -0.1) is 13.2 Å². The van der Waals surface area contributed by atoms with Gasteiger partial charge >= 0.3 is 0 Å². The maximum Gasteiger partial charge on any atom is 0.253 e. The Hall–Kier alpha value is -3.95. The van der Waals surface area contributed by atoms with Gasteiger partial charge in [-0.05, 0) is 69.0 Å². The lowest BCUT2D eigenvalue weighted by molar-refractivity contribution is -0.145. The summed E-state index contributed by atoms with van der Waals surface area (Å²) < 4.78 is 6.77. The molecule has 3 fully saturated rings. The minimum absolute atomic E-state index is 0.0939. The summed E-state index contributed by atoms with van der Waals surface area (Å²) in [6, 6.07) is 15.6. The molecule has 0 aliphatic carbocycles. The fourth-order valence-corrected chi connectivity index (χ4v) is 8.09. The van der Waals surface area contributed by atoms with Crippen LogP contribution in [0.5, 0.6) is 0 Å². The lowest BCUT2D eigenvalue weighted by atomic mass is 9.70. The van der Waals surface area contributed by atoms with Gasteiger partial charge in [-0.2, -0.15) is 0 Å². The summed E-state index contributed by atoms with van der Waals surface area (Å²) in [5.74, 6) is -2.53. The quantitative estimate of drug-likeness (QED) is 0.274. The molecule has 0 saturated carbocycles. The van der Waals surface area contributed by atoms with Gasteiger partial charge in [0.1, 0.15) is 11.6 Å². The van der Waals surface area contributed by atoms with Crippen LogP contribution in [0.3, 0.4) is 0 Å². The van der Waals surface area contributed by atoms with E-state index in [1.165, 1.54) is 0 Å². The molecular weight excluding hydrogens is 592 g/mol. The maximum atomic E-state index is 15.0. The number of nitrogens with zero attached hydrogens (tertiary/aromatic N) is 4. The predicted molar refractivity (Wildman–Crippen MR) is 186 cm³/mol. The summed E-state index contributed by atoms with van der Waals surface area (Å²) in [7, 11) is 0. The molecular formula is C38H50N4O5. The molecule has 252 valence electrons. The Bertz CT molecular complexity index is 1440. The average Bonchev–Trinajstić information content (AvgIpc) is 3.74. The summed E-state index contributed by atoms with van der Waals surface area (Å²) in [6.07, 6.45) is 4.58. The van der Waals surface area contributed by atoms with Crippen molar-refractivity contribution in [3.63, 3.8) is 0 Å². The predicted octanol–water partition coefficient (Wildman–Crippen LogP) is 5.05. The smallest absolute Gasteiger partial charge is 0.253 e. The van der Waals surface area contributed by atoms with Crippen molar-refractivity contribution in [2.24, 2.45) is 17.8 Å². The first-order chi connectivity index (χ1) is 22.7. The monoisotopic (exact) mass is 642 g/mol. The lowest BCUT2D eigenvalue weighted by Crippen LogP contribution is -2.60. The number of para-hydroxylation sites is 1.